The topological polar surface area (TPSA) is 45.0 Å². The first kappa shape index (κ1) is 15.6. The van der Waals surface area contributed by atoms with Crippen LogP contribution in [0.4, 0.5) is 18.9 Å². The zero-order valence-electron chi connectivity index (χ0n) is 11.7. The number of anilines is 1. The number of nitriles is 1. The fourth-order valence-electron chi connectivity index (χ4n) is 2.59. The van der Waals surface area contributed by atoms with Crippen LogP contribution in [0.2, 0.25) is 0 Å². The number of halogens is 3. The summed E-state index contributed by atoms with van der Waals surface area (Å²) in [5, 5.41) is 12.1. The van der Waals surface area contributed by atoms with Crippen molar-refractivity contribution >= 4 is 5.69 Å². The molecular weight excluding hydrogens is 281 g/mol. The van der Waals surface area contributed by atoms with Gasteiger partial charge in [0.15, 0.2) is 0 Å². The normalized spacial score (nSPS) is 22.0. The van der Waals surface area contributed by atoms with Gasteiger partial charge in [0, 0.05) is 19.1 Å². The summed E-state index contributed by atoms with van der Waals surface area (Å²) < 4.78 is 43.4. The Morgan fingerprint density at radius 2 is 2.19 bits per heavy atom. The molecule has 0 aliphatic carbocycles. The van der Waals surface area contributed by atoms with Gasteiger partial charge in [-0.2, -0.15) is 18.4 Å². The van der Waals surface area contributed by atoms with E-state index in [0.29, 0.717) is 24.8 Å². The summed E-state index contributed by atoms with van der Waals surface area (Å²) in [7, 11) is 0. The number of benzene rings is 1. The molecule has 6 heteroatoms. The van der Waals surface area contributed by atoms with Gasteiger partial charge in [0.05, 0.1) is 22.9 Å². The molecule has 0 spiro atoms. The van der Waals surface area contributed by atoms with Crippen LogP contribution in [-0.4, -0.2) is 19.3 Å². The van der Waals surface area contributed by atoms with E-state index in [2.05, 4.69) is 5.32 Å². The molecule has 1 saturated heterocycles. The SMILES string of the molecule is CCC1OCCC1CNc1ccc(C(F)(F)F)cc1C#N. The summed E-state index contributed by atoms with van der Waals surface area (Å²) in [6.07, 6.45) is -2.42. The van der Waals surface area contributed by atoms with Crippen LogP contribution in [0.5, 0.6) is 0 Å². The third kappa shape index (κ3) is 3.67. The molecule has 1 aliphatic heterocycles. The molecule has 3 nitrogen and oxygen atoms in total. The lowest BCUT2D eigenvalue weighted by Crippen LogP contribution is -2.23. The van der Waals surface area contributed by atoms with Crippen LogP contribution >= 0.6 is 0 Å². The third-order valence-corrected chi connectivity index (χ3v) is 3.77. The molecule has 1 aliphatic rings. The summed E-state index contributed by atoms with van der Waals surface area (Å²) in [6, 6.07) is 5.00. The Kier molecular flexibility index (Phi) is 4.73. The van der Waals surface area contributed by atoms with Crippen LogP contribution in [0.3, 0.4) is 0 Å². The van der Waals surface area contributed by atoms with E-state index in [1.165, 1.54) is 6.07 Å². The van der Waals surface area contributed by atoms with Gasteiger partial charge in [-0.25, -0.2) is 0 Å². The van der Waals surface area contributed by atoms with Gasteiger partial charge < -0.3 is 10.1 Å². The molecule has 0 bridgehead atoms. The van der Waals surface area contributed by atoms with Crippen molar-refractivity contribution in [1.29, 1.82) is 5.26 Å². The predicted octanol–water partition coefficient (Wildman–Crippen LogP) is 3.80. The summed E-state index contributed by atoms with van der Waals surface area (Å²) >= 11 is 0. The monoisotopic (exact) mass is 298 g/mol. The summed E-state index contributed by atoms with van der Waals surface area (Å²) in [6.45, 7) is 3.35. The molecule has 2 unspecified atom stereocenters. The highest BCUT2D eigenvalue weighted by Crippen LogP contribution is 2.32. The van der Waals surface area contributed by atoms with E-state index >= 15 is 0 Å². The van der Waals surface area contributed by atoms with Gasteiger partial charge >= 0.3 is 6.18 Å². The van der Waals surface area contributed by atoms with E-state index in [1.54, 1.807) is 0 Å². The summed E-state index contributed by atoms with van der Waals surface area (Å²) in [4.78, 5) is 0. The lowest BCUT2D eigenvalue weighted by atomic mass is 9.99. The van der Waals surface area contributed by atoms with Crippen molar-refractivity contribution in [3.05, 3.63) is 29.3 Å². The summed E-state index contributed by atoms with van der Waals surface area (Å²) in [5.41, 5.74) is -0.357. The first-order valence-corrected chi connectivity index (χ1v) is 6.92. The van der Waals surface area contributed by atoms with E-state index in [1.807, 2.05) is 13.0 Å². The molecule has 1 aromatic carbocycles. The van der Waals surface area contributed by atoms with Crippen molar-refractivity contribution in [1.82, 2.24) is 0 Å². The first-order chi connectivity index (χ1) is 9.95. The van der Waals surface area contributed by atoms with E-state index in [-0.39, 0.29) is 11.7 Å². The first-order valence-electron chi connectivity index (χ1n) is 6.92. The van der Waals surface area contributed by atoms with Gasteiger partial charge in [0.1, 0.15) is 6.07 Å². The predicted molar refractivity (Wildman–Crippen MR) is 72.8 cm³/mol. The molecule has 114 valence electrons. The van der Waals surface area contributed by atoms with Crippen LogP contribution in [0.15, 0.2) is 18.2 Å². The largest absolute Gasteiger partial charge is 0.416 e. The van der Waals surface area contributed by atoms with Gasteiger partial charge in [-0.05, 0) is 31.0 Å². The van der Waals surface area contributed by atoms with Crippen molar-refractivity contribution in [2.75, 3.05) is 18.5 Å². The maximum absolute atomic E-state index is 12.6. The number of hydrogen-bond acceptors (Lipinski definition) is 3. The fourth-order valence-corrected chi connectivity index (χ4v) is 2.59. The average Bonchev–Trinajstić information content (AvgIpc) is 2.91. The Balaban J connectivity index is 2.08. The van der Waals surface area contributed by atoms with Crippen molar-refractivity contribution in [3.8, 4) is 6.07 Å². The van der Waals surface area contributed by atoms with Gasteiger partial charge in [0.25, 0.3) is 0 Å². The van der Waals surface area contributed by atoms with Gasteiger partial charge in [-0.1, -0.05) is 6.92 Å². The minimum Gasteiger partial charge on any atom is -0.384 e. The van der Waals surface area contributed by atoms with Gasteiger partial charge in [-0.3, -0.25) is 0 Å². The van der Waals surface area contributed by atoms with Crippen LogP contribution in [0, 0.1) is 17.2 Å². The molecule has 21 heavy (non-hydrogen) atoms. The summed E-state index contributed by atoms with van der Waals surface area (Å²) in [5.74, 6) is 0.323. The number of nitrogens with one attached hydrogen (secondary N) is 1. The Morgan fingerprint density at radius 1 is 1.43 bits per heavy atom. The zero-order chi connectivity index (χ0) is 15.5. The van der Waals surface area contributed by atoms with Crippen LogP contribution < -0.4 is 5.32 Å². The lowest BCUT2D eigenvalue weighted by Gasteiger charge is -2.18. The highest BCUT2D eigenvalue weighted by molar-refractivity contribution is 5.59. The maximum atomic E-state index is 12.6. The number of nitrogens with zero attached hydrogens (tertiary/aromatic N) is 1. The van der Waals surface area contributed by atoms with Crippen molar-refractivity contribution in [2.24, 2.45) is 5.92 Å². The molecule has 0 aromatic heterocycles. The second kappa shape index (κ2) is 6.35. The Bertz CT molecular complexity index is 537. The molecule has 2 atom stereocenters. The Morgan fingerprint density at radius 3 is 2.81 bits per heavy atom. The quantitative estimate of drug-likeness (QED) is 0.919. The third-order valence-electron chi connectivity index (χ3n) is 3.77. The van der Waals surface area contributed by atoms with Crippen LogP contribution in [0.1, 0.15) is 30.9 Å². The number of ether oxygens (including phenoxy) is 1. The lowest BCUT2D eigenvalue weighted by molar-refractivity contribution is -0.137. The Hall–Kier alpha value is -1.74. The van der Waals surface area contributed by atoms with Crippen LogP contribution in [0.25, 0.3) is 0 Å². The molecule has 0 saturated carbocycles. The molecule has 1 heterocycles. The average molecular weight is 298 g/mol. The van der Waals surface area contributed by atoms with Crippen LogP contribution in [-0.2, 0) is 10.9 Å². The van der Waals surface area contributed by atoms with Gasteiger partial charge in [0.2, 0.25) is 0 Å². The van der Waals surface area contributed by atoms with E-state index in [9.17, 15) is 13.2 Å². The van der Waals surface area contributed by atoms with Crippen molar-refractivity contribution < 1.29 is 17.9 Å². The Labute approximate surface area is 121 Å². The molecule has 1 N–H and O–H groups in total. The second-order valence-electron chi connectivity index (χ2n) is 5.12. The van der Waals surface area contributed by atoms with Crippen molar-refractivity contribution in [2.45, 2.75) is 32.0 Å². The van der Waals surface area contributed by atoms with E-state index < -0.39 is 11.7 Å². The van der Waals surface area contributed by atoms with E-state index in [4.69, 9.17) is 10.00 Å². The molecule has 2 rings (SSSR count). The molecular formula is C15H17F3N2O. The van der Waals surface area contributed by atoms with E-state index in [0.717, 1.165) is 25.0 Å². The molecule has 1 fully saturated rings. The number of rotatable bonds is 4. The molecule has 0 radical (unpaired) electrons. The highest BCUT2D eigenvalue weighted by atomic mass is 19.4. The number of alkyl halides is 3. The minimum absolute atomic E-state index is 0.0109. The standard InChI is InChI=1S/C15H17F3N2O/c1-2-14-10(5-6-21-14)9-20-13-4-3-12(15(16,17)18)7-11(13)8-19/h3-4,7,10,14,20H,2,5-6,9H2,1H3. The zero-order valence-corrected chi connectivity index (χ0v) is 11.7. The highest BCUT2D eigenvalue weighted by Gasteiger charge is 2.31. The van der Waals surface area contributed by atoms with Crippen molar-refractivity contribution in [3.63, 3.8) is 0 Å². The fraction of sp³-hybridized carbons (Fsp3) is 0.533. The smallest absolute Gasteiger partial charge is 0.384 e. The molecule has 0 amide bonds. The minimum atomic E-state index is -4.43. The maximum Gasteiger partial charge on any atom is 0.416 e. The second-order valence-corrected chi connectivity index (χ2v) is 5.12. The molecule has 1 aromatic rings. The van der Waals surface area contributed by atoms with Gasteiger partial charge in [-0.15, -0.1) is 0 Å². The number of hydrogen-bond donors (Lipinski definition) is 1.